The number of hydrogen-bond donors (Lipinski definition) is 2. The summed E-state index contributed by atoms with van der Waals surface area (Å²) in [5.41, 5.74) is 1.66. The third-order valence-corrected chi connectivity index (χ3v) is 2.68. The van der Waals surface area contributed by atoms with Gasteiger partial charge in [0.05, 0.1) is 17.8 Å². The van der Waals surface area contributed by atoms with Crippen molar-refractivity contribution in [1.29, 1.82) is 0 Å². The first-order valence-electron chi connectivity index (χ1n) is 5.27. The van der Waals surface area contributed by atoms with Gasteiger partial charge in [-0.15, -0.1) is 0 Å². The lowest BCUT2D eigenvalue weighted by molar-refractivity contribution is 0.102. The van der Waals surface area contributed by atoms with Gasteiger partial charge in [-0.3, -0.25) is 9.89 Å². The zero-order chi connectivity index (χ0) is 13.1. The van der Waals surface area contributed by atoms with Crippen LogP contribution in [0.5, 0.6) is 5.75 Å². The second kappa shape index (κ2) is 5.10. The maximum Gasteiger partial charge on any atom is 0.276 e. The quantitative estimate of drug-likeness (QED) is 0.896. The van der Waals surface area contributed by atoms with Crippen molar-refractivity contribution in [2.45, 2.75) is 6.92 Å². The van der Waals surface area contributed by atoms with Crippen molar-refractivity contribution in [2.75, 3.05) is 12.4 Å². The van der Waals surface area contributed by atoms with Crippen LogP contribution < -0.4 is 10.1 Å². The Hall–Kier alpha value is -2.01. The number of methoxy groups -OCH3 is 1. The summed E-state index contributed by atoms with van der Waals surface area (Å²) in [7, 11) is 1.55. The van der Waals surface area contributed by atoms with Crippen molar-refractivity contribution in [1.82, 2.24) is 10.2 Å². The lowest BCUT2D eigenvalue weighted by Gasteiger charge is -2.07. The number of aromatic nitrogens is 2. The summed E-state index contributed by atoms with van der Waals surface area (Å²) < 4.78 is 5.03. The molecule has 2 N–H and O–H groups in total. The number of halogens is 1. The van der Waals surface area contributed by atoms with Crippen LogP contribution in [0.4, 0.5) is 5.69 Å². The molecule has 6 heteroatoms. The van der Waals surface area contributed by atoms with E-state index in [1.54, 1.807) is 31.4 Å². The Morgan fingerprint density at radius 1 is 1.44 bits per heavy atom. The van der Waals surface area contributed by atoms with Crippen molar-refractivity contribution < 1.29 is 9.53 Å². The van der Waals surface area contributed by atoms with Gasteiger partial charge in [0.15, 0.2) is 5.69 Å². The van der Waals surface area contributed by atoms with Gasteiger partial charge in [-0.1, -0.05) is 11.6 Å². The van der Waals surface area contributed by atoms with E-state index in [9.17, 15) is 4.79 Å². The van der Waals surface area contributed by atoms with Gasteiger partial charge < -0.3 is 10.1 Å². The normalized spacial score (nSPS) is 10.2. The minimum absolute atomic E-state index is 0.314. The number of carbonyl (C=O) groups excluding carboxylic acids is 1. The highest BCUT2D eigenvalue weighted by molar-refractivity contribution is 6.34. The monoisotopic (exact) mass is 265 g/mol. The summed E-state index contributed by atoms with van der Waals surface area (Å²) in [4.78, 5) is 11.9. The molecule has 94 valence electrons. The molecule has 0 saturated carbocycles. The van der Waals surface area contributed by atoms with E-state index in [2.05, 4.69) is 15.5 Å². The Morgan fingerprint density at radius 2 is 2.22 bits per heavy atom. The minimum Gasteiger partial charge on any atom is -0.497 e. The molecule has 0 aliphatic heterocycles. The van der Waals surface area contributed by atoms with E-state index in [-0.39, 0.29) is 5.91 Å². The number of carbonyl (C=O) groups is 1. The second-order valence-electron chi connectivity index (χ2n) is 3.74. The van der Waals surface area contributed by atoms with E-state index in [0.29, 0.717) is 22.2 Å². The van der Waals surface area contributed by atoms with E-state index in [0.717, 1.165) is 5.69 Å². The summed E-state index contributed by atoms with van der Waals surface area (Å²) in [5.74, 6) is 0.319. The highest BCUT2D eigenvalue weighted by Gasteiger charge is 2.11. The van der Waals surface area contributed by atoms with Crippen molar-refractivity contribution in [2.24, 2.45) is 0 Å². The second-order valence-corrected chi connectivity index (χ2v) is 4.14. The van der Waals surface area contributed by atoms with Gasteiger partial charge in [0.1, 0.15) is 5.75 Å². The SMILES string of the molecule is COc1ccc(NC(=O)c2cc(C)[nH]n2)c(Cl)c1. The van der Waals surface area contributed by atoms with Crippen LogP contribution in [-0.4, -0.2) is 23.2 Å². The van der Waals surface area contributed by atoms with Gasteiger partial charge in [-0.05, 0) is 25.1 Å². The summed E-state index contributed by atoms with van der Waals surface area (Å²) >= 11 is 6.02. The average Bonchev–Trinajstić information content (AvgIpc) is 2.78. The minimum atomic E-state index is -0.314. The van der Waals surface area contributed by atoms with Crippen molar-refractivity contribution in [3.05, 3.63) is 40.7 Å². The molecule has 0 radical (unpaired) electrons. The van der Waals surface area contributed by atoms with Crippen LogP contribution in [0, 0.1) is 6.92 Å². The smallest absolute Gasteiger partial charge is 0.276 e. The Balaban J connectivity index is 2.16. The fraction of sp³-hybridized carbons (Fsp3) is 0.167. The molecule has 1 amide bonds. The predicted octanol–water partition coefficient (Wildman–Crippen LogP) is 2.63. The number of ether oxygens (including phenoxy) is 1. The molecule has 1 aromatic heterocycles. The number of nitrogens with one attached hydrogen (secondary N) is 2. The van der Waals surface area contributed by atoms with Crippen LogP contribution >= 0.6 is 11.6 Å². The molecule has 0 unspecified atom stereocenters. The maximum atomic E-state index is 11.9. The van der Waals surface area contributed by atoms with Gasteiger partial charge in [0, 0.05) is 11.8 Å². The Morgan fingerprint density at radius 3 is 2.78 bits per heavy atom. The van der Waals surface area contributed by atoms with E-state index in [1.165, 1.54) is 0 Å². The number of rotatable bonds is 3. The first-order chi connectivity index (χ1) is 8.60. The molecule has 0 fully saturated rings. The number of hydrogen-bond acceptors (Lipinski definition) is 3. The van der Waals surface area contributed by atoms with Crippen molar-refractivity contribution >= 4 is 23.2 Å². The fourth-order valence-electron chi connectivity index (χ4n) is 1.44. The molecule has 5 nitrogen and oxygen atoms in total. The number of nitrogens with zero attached hydrogens (tertiary/aromatic N) is 1. The Labute approximate surface area is 109 Å². The molecular weight excluding hydrogens is 254 g/mol. The largest absolute Gasteiger partial charge is 0.497 e. The predicted molar refractivity (Wildman–Crippen MR) is 69.3 cm³/mol. The van der Waals surface area contributed by atoms with Crippen LogP contribution in [0.15, 0.2) is 24.3 Å². The summed E-state index contributed by atoms with van der Waals surface area (Å²) in [6.45, 7) is 1.82. The molecule has 0 spiro atoms. The van der Waals surface area contributed by atoms with Crippen LogP contribution in [0.2, 0.25) is 5.02 Å². The highest BCUT2D eigenvalue weighted by Crippen LogP contribution is 2.26. The molecule has 0 bridgehead atoms. The molecule has 18 heavy (non-hydrogen) atoms. The number of aromatic amines is 1. The van der Waals surface area contributed by atoms with Crippen LogP contribution in [0.3, 0.4) is 0 Å². The summed E-state index contributed by atoms with van der Waals surface area (Å²) in [6.07, 6.45) is 0. The first-order valence-corrected chi connectivity index (χ1v) is 5.65. The lowest BCUT2D eigenvalue weighted by atomic mass is 10.3. The zero-order valence-electron chi connectivity index (χ0n) is 9.95. The molecule has 0 saturated heterocycles. The maximum absolute atomic E-state index is 11.9. The van der Waals surface area contributed by atoms with Crippen LogP contribution in [0.25, 0.3) is 0 Å². The molecule has 2 rings (SSSR count). The molecule has 0 aliphatic rings. The highest BCUT2D eigenvalue weighted by atomic mass is 35.5. The third kappa shape index (κ3) is 2.62. The standard InChI is InChI=1S/C12H12ClN3O2/c1-7-5-11(16-15-7)12(17)14-10-4-3-8(18-2)6-9(10)13/h3-6H,1-2H3,(H,14,17)(H,15,16). The van der Waals surface area contributed by atoms with Crippen LogP contribution in [0.1, 0.15) is 16.2 Å². The van der Waals surface area contributed by atoms with E-state index >= 15 is 0 Å². The molecule has 1 heterocycles. The zero-order valence-corrected chi connectivity index (χ0v) is 10.7. The number of anilines is 1. The molecule has 0 aliphatic carbocycles. The van der Waals surface area contributed by atoms with E-state index in [4.69, 9.17) is 16.3 Å². The van der Waals surface area contributed by atoms with E-state index in [1.807, 2.05) is 6.92 Å². The topological polar surface area (TPSA) is 67.0 Å². The molecule has 0 atom stereocenters. The Bertz CT molecular complexity index is 580. The molecule has 1 aromatic carbocycles. The van der Waals surface area contributed by atoms with Gasteiger partial charge in [-0.25, -0.2) is 0 Å². The first kappa shape index (κ1) is 12.4. The average molecular weight is 266 g/mol. The number of aryl methyl sites for hydroxylation is 1. The van der Waals surface area contributed by atoms with Crippen molar-refractivity contribution in [3.8, 4) is 5.75 Å². The van der Waals surface area contributed by atoms with Gasteiger partial charge >= 0.3 is 0 Å². The number of H-pyrrole nitrogens is 1. The molecule has 2 aromatic rings. The van der Waals surface area contributed by atoms with Gasteiger partial charge in [0.2, 0.25) is 0 Å². The number of benzene rings is 1. The van der Waals surface area contributed by atoms with Crippen LogP contribution in [-0.2, 0) is 0 Å². The van der Waals surface area contributed by atoms with Crippen molar-refractivity contribution in [3.63, 3.8) is 0 Å². The lowest BCUT2D eigenvalue weighted by Crippen LogP contribution is -2.12. The number of amides is 1. The fourth-order valence-corrected chi connectivity index (χ4v) is 1.66. The summed E-state index contributed by atoms with van der Waals surface area (Å²) in [6, 6.07) is 6.69. The Kier molecular flexibility index (Phi) is 3.53. The van der Waals surface area contributed by atoms with Gasteiger partial charge in [-0.2, -0.15) is 5.10 Å². The van der Waals surface area contributed by atoms with E-state index < -0.39 is 0 Å². The van der Waals surface area contributed by atoms with Gasteiger partial charge in [0.25, 0.3) is 5.91 Å². The third-order valence-electron chi connectivity index (χ3n) is 2.36. The summed E-state index contributed by atoms with van der Waals surface area (Å²) in [5, 5.41) is 9.67. The molecular formula is C12H12ClN3O2.